The van der Waals surface area contributed by atoms with Crippen molar-refractivity contribution in [2.75, 3.05) is 14.1 Å². The summed E-state index contributed by atoms with van der Waals surface area (Å²) in [6.45, 7) is 26.0. The zero-order valence-electron chi connectivity index (χ0n) is 27.5. The highest BCUT2D eigenvalue weighted by Crippen LogP contribution is 2.57. The fraction of sp³-hybridized carbons (Fsp3) is 0.938. The van der Waals surface area contributed by atoms with Gasteiger partial charge >= 0.3 is 11.9 Å². The number of likely N-dealkylation sites (tertiary alicyclic amines) is 2. The largest absolute Gasteiger partial charge is 0.480 e. The van der Waals surface area contributed by atoms with E-state index in [-0.39, 0.29) is 51.2 Å². The predicted molar refractivity (Wildman–Crippen MR) is 158 cm³/mol. The van der Waals surface area contributed by atoms with E-state index < -0.39 is 17.4 Å². The van der Waals surface area contributed by atoms with E-state index in [0.29, 0.717) is 38.5 Å². The number of aliphatic carboxylic acids is 1. The number of hydrogen-bond acceptors (Lipinski definition) is 6. The first-order chi connectivity index (χ1) is 17.3. The highest BCUT2D eigenvalue weighted by molar-refractivity contribution is 6.00. The van der Waals surface area contributed by atoms with Gasteiger partial charge in [-0.25, -0.2) is 0 Å². The Kier molecular flexibility index (Phi) is 8.04. The number of carbonyl (C=O) groups is 2. The molecule has 0 unspecified atom stereocenters. The number of carboxylic acids is 1. The second-order valence-corrected chi connectivity index (χ2v) is 17.1. The van der Waals surface area contributed by atoms with Crippen molar-refractivity contribution in [3.05, 3.63) is 0 Å². The average Bonchev–Trinajstić information content (AvgIpc) is 2.67. The Morgan fingerprint density at radius 1 is 0.667 bits per heavy atom. The van der Waals surface area contributed by atoms with E-state index in [1.807, 2.05) is 0 Å². The summed E-state index contributed by atoms with van der Waals surface area (Å²) in [5, 5.41) is 15.0. The second-order valence-electron chi connectivity index (χ2n) is 17.1. The molecule has 3 saturated heterocycles. The minimum Gasteiger partial charge on any atom is -0.480 e. The van der Waals surface area contributed by atoms with E-state index in [1.54, 1.807) is 0 Å². The molecule has 0 saturated carbocycles. The van der Waals surface area contributed by atoms with Gasteiger partial charge in [-0.15, -0.1) is 0 Å². The zero-order valence-corrected chi connectivity index (χ0v) is 27.5. The molecule has 2 N–H and O–H groups in total. The SMILES string of the molecule is CN1C(C)(C)CC(C(C(=O)O)(C(=O)OC2CC(C)(C)NC(C)(C)C2)C2CC(C)(C)N(C)C(C)(C)C2)CC1(C)C. The fourth-order valence-corrected chi connectivity index (χ4v) is 9.05. The van der Waals surface area contributed by atoms with Gasteiger partial charge in [-0.05, 0) is 135 Å². The van der Waals surface area contributed by atoms with Crippen LogP contribution in [0.2, 0.25) is 0 Å². The van der Waals surface area contributed by atoms with Crippen LogP contribution in [0.3, 0.4) is 0 Å². The van der Waals surface area contributed by atoms with Gasteiger partial charge in [-0.3, -0.25) is 19.4 Å². The molecular weight excluding hydrogens is 490 g/mol. The van der Waals surface area contributed by atoms with Crippen LogP contribution in [0.25, 0.3) is 0 Å². The molecule has 0 amide bonds. The van der Waals surface area contributed by atoms with Crippen molar-refractivity contribution in [3.8, 4) is 0 Å². The normalized spacial score (nSPS) is 29.6. The molecule has 39 heavy (non-hydrogen) atoms. The lowest BCUT2D eigenvalue weighted by atomic mass is 9.53. The van der Waals surface area contributed by atoms with Crippen molar-refractivity contribution in [1.82, 2.24) is 15.1 Å². The summed E-state index contributed by atoms with van der Waals surface area (Å²) in [5.41, 5.74) is -3.09. The van der Waals surface area contributed by atoms with Crippen LogP contribution in [0.5, 0.6) is 0 Å². The summed E-state index contributed by atoms with van der Waals surface area (Å²) in [5.74, 6) is -2.21. The number of carboxylic acid groups (broad SMARTS) is 1. The van der Waals surface area contributed by atoms with Gasteiger partial charge in [-0.2, -0.15) is 0 Å². The molecule has 0 aromatic carbocycles. The van der Waals surface area contributed by atoms with E-state index in [2.05, 4.69) is 112 Å². The second kappa shape index (κ2) is 9.69. The number of piperidine rings is 3. The van der Waals surface area contributed by atoms with Crippen molar-refractivity contribution < 1.29 is 19.4 Å². The van der Waals surface area contributed by atoms with E-state index in [0.717, 1.165) is 0 Å². The highest BCUT2D eigenvalue weighted by Gasteiger charge is 2.65. The molecule has 7 heteroatoms. The van der Waals surface area contributed by atoms with Crippen molar-refractivity contribution in [1.29, 1.82) is 0 Å². The summed E-state index contributed by atoms with van der Waals surface area (Å²) in [6.07, 6.45) is 3.51. The zero-order chi connectivity index (χ0) is 30.2. The van der Waals surface area contributed by atoms with E-state index in [9.17, 15) is 14.7 Å². The summed E-state index contributed by atoms with van der Waals surface area (Å²) >= 11 is 0. The van der Waals surface area contributed by atoms with Crippen molar-refractivity contribution in [2.45, 2.75) is 161 Å². The lowest BCUT2D eigenvalue weighted by Gasteiger charge is -2.60. The van der Waals surface area contributed by atoms with Gasteiger partial charge < -0.3 is 15.2 Å². The number of carbonyl (C=O) groups excluding carboxylic acids is 1. The first-order valence-corrected chi connectivity index (χ1v) is 15.0. The van der Waals surface area contributed by atoms with Gasteiger partial charge in [0.15, 0.2) is 5.41 Å². The Bertz CT molecular complexity index is 870. The summed E-state index contributed by atoms with van der Waals surface area (Å²) in [7, 11) is 4.25. The number of nitrogens with one attached hydrogen (secondary N) is 1. The monoisotopic (exact) mass is 549 g/mol. The number of rotatable bonds is 5. The molecule has 0 atom stereocenters. The number of esters is 1. The minimum atomic E-state index is -1.62. The Hall–Kier alpha value is -1.18. The molecule has 3 fully saturated rings. The van der Waals surface area contributed by atoms with Crippen molar-refractivity contribution >= 4 is 11.9 Å². The van der Waals surface area contributed by atoms with Crippen molar-refractivity contribution in [3.63, 3.8) is 0 Å². The first kappa shape index (κ1) is 32.3. The van der Waals surface area contributed by atoms with Gasteiger partial charge in [-0.1, -0.05) is 0 Å². The average molecular weight is 550 g/mol. The van der Waals surface area contributed by atoms with Crippen LogP contribution in [0.1, 0.15) is 122 Å². The van der Waals surface area contributed by atoms with Crippen LogP contribution in [0.15, 0.2) is 0 Å². The lowest BCUT2D eigenvalue weighted by molar-refractivity contribution is -0.199. The van der Waals surface area contributed by atoms with Crippen LogP contribution < -0.4 is 5.32 Å². The molecule has 0 bridgehead atoms. The third-order valence-corrected chi connectivity index (χ3v) is 11.0. The standard InChI is InChI=1S/C32H59N3O4/c1-26(2)19-23(20-27(3,4)33-26)39-25(38)32(24(36)37,21-15-28(5,6)34(13)29(7,8)16-21)22-17-30(9,10)35(14)31(11,12)18-22/h21-23,33H,15-20H2,1-14H3,(H,36,37). The molecule has 3 rings (SSSR count). The Morgan fingerprint density at radius 3 is 1.26 bits per heavy atom. The van der Waals surface area contributed by atoms with Crippen LogP contribution in [0, 0.1) is 17.3 Å². The van der Waals surface area contributed by atoms with Gasteiger partial charge in [0.2, 0.25) is 0 Å². The smallest absolute Gasteiger partial charge is 0.324 e. The summed E-state index contributed by atoms with van der Waals surface area (Å²) in [4.78, 5) is 33.3. The fourth-order valence-electron chi connectivity index (χ4n) is 9.05. The van der Waals surface area contributed by atoms with Crippen LogP contribution >= 0.6 is 0 Å². The Morgan fingerprint density at radius 2 is 0.974 bits per heavy atom. The molecular formula is C32H59N3O4. The highest BCUT2D eigenvalue weighted by atomic mass is 16.5. The molecule has 7 nitrogen and oxygen atoms in total. The molecule has 0 aromatic heterocycles. The molecule has 0 spiro atoms. The Labute approximate surface area is 238 Å². The minimum absolute atomic E-state index is 0.215. The summed E-state index contributed by atoms with van der Waals surface area (Å²) in [6, 6.07) is 0. The number of hydrogen-bond donors (Lipinski definition) is 2. The number of nitrogens with zero attached hydrogens (tertiary/aromatic N) is 2. The molecule has 3 heterocycles. The lowest BCUT2D eigenvalue weighted by Crippen LogP contribution is -2.68. The quantitative estimate of drug-likeness (QED) is 0.336. The molecule has 0 aliphatic carbocycles. The maximum atomic E-state index is 14.8. The molecule has 226 valence electrons. The van der Waals surface area contributed by atoms with Gasteiger partial charge in [0.1, 0.15) is 6.10 Å². The molecule has 3 aliphatic rings. The maximum absolute atomic E-state index is 14.8. The topological polar surface area (TPSA) is 82.1 Å². The van der Waals surface area contributed by atoms with E-state index in [1.165, 1.54) is 0 Å². The van der Waals surface area contributed by atoms with Crippen LogP contribution in [-0.2, 0) is 14.3 Å². The predicted octanol–water partition coefficient (Wildman–Crippen LogP) is 5.71. The third kappa shape index (κ3) is 5.92. The maximum Gasteiger partial charge on any atom is 0.324 e. The Balaban J connectivity index is 2.17. The summed E-state index contributed by atoms with van der Waals surface area (Å²) < 4.78 is 6.44. The van der Waals surface area contributed by atoms with Crippen molar-refractivity contribution in [2.24, 2.45) is 17.3 Å². The first-order valence-electron chi connectivity index (χ1n) is 15.0. The van der Waals surface area contributed by atoms with Gasteiger partial charge in [0.25, 0.3) is 0 Å². The van der Waals surface area contributed by atoms with Gasteiger partial charge in [0, 0.05) is 46.1 Å². The van der Waals surface area contributed by atoms with E-state index >= 15 is 0 Å². The van der Waals surface area contributed by atoms with E-state index in [4.69, 9.17) is 4.74 Å². The van der Waals surface area contributed by atoms with Gasteiger partial charge in [0.05, 0.1) is 0 Å². The van der Waals surface area contributed by atoms with Crippen LogP contribution in [0.4, 0.5) is 0 Å². The molecule has 0 radical (unpaired) electrons. The third-order valence-electron chi connectivity index (χ3n) is 11.0. The molecule has 3 aliphatic heterocycles. The molecule has 0 aromatic rings. The number of ether oxygens (including phenoxy) is 1. The van der Waals surface area contributed by atoms with Crippen LogP contribution in [-0.4, -0.2) is 80.3 Å².